The smallest absolute Gasteiger partial charge is 0.416 e. The predicted molar refractivity (Wildman–Crippen MR) is 129 cm³/mol. The van der Waals surface area contributed by atoms with E-state index in [9.17, 15) is 27.9 Å². The minimum atomic E-state index is -4.49. The van der Waals surface area contributed by atoms with Crippen LogP contribution in [0.4, 0.5) is 18.3 Å². The Morgan fingerprint density at radius 1 is 1.25 bits per heavy atom. The van der Waals surface area contributed by atoms with Crippen LogP contribution in [0.25, 0.3) is 0 Å². The number of carboxylic acid groups (broad SMARTS) is 1. The molecule has 13 heteroatoms. The van der Waals surface area contributed by atoms with Crippen molar-refractivity contribution >= 4 is 51.5 Å². The molecule has 0 bridgehead atoms. The molecule has 2 aromatic heterocycles. The van der Waals surface area contributed by atoms with E-state index < -0.39 is 17.7 Å². The number of halogens is 5. The van der Waals surface area contributed by atoms with Gasteiger partial charge in [-0.05, 0) is 18.6 Å². The molecule has 3 heterocycles. The van der Waals surface area contributed by atoms with Crippen LogP contribution in [-0.2, 0) is 12.6 Å². The molecule has 1 amide bonds. The number of nitrogens with zero attached hydrogens (tertiary/aromatic N) is 2. The third kappa shape index (κ3) is 4.55. The second kappa shape index (κ2) is 8.97. The van der Waals surface area contributed by atoms with Crippen molar-refractivity contribution in [3.05, 3.63) is 67.4 Å². The number of anilines is 1. The van der Waals surface area contributed by atoms with Crippen molar-refractivity contribution in [2.75, 3.05) is 18.0 Å². The molecule has 0 radical (unpaired) electrons. The molecule has 3 N–H and O–H groups in total. The maximum absolute atomic E-state index is 13.1. The number of thiazole rings is 1. The van der Waals surface area contributed by atoms with Gasteiger partial charge < -0.3 is 20.3 Å². The summed E-state index contributed by atoms with van der Waals surface area (Å²) in [5, 5.41) is 13.6. The van der Waals surface area contributed by atoms with Gasteiger partial charge in [0.1, 0.15) is 10.6 Å². The minimum Gasteiger partial charge on any atom is -0.477 e. The van der Waals surface area contributed by atoms with Crippen molar-refractivity contribution in [3.63, 3.8) is 0 Å². The number of carbonyl (C=O) groups is 2. The number of aryl methyl sites for hydroxylation is 1. The van der Waals surface area contributed by atoms with Crippen LogP contribution in [0.3, 0.4) is 0 Å². The van der Waals surface area contributed by atoms with Crippen LogP contribution in [0, 0.1) is 18.8 Å². The minimum absolute atomic E-state index is 0.00136. The van der Waals surface area contributed by atoms with Crippen LogP contribution < -0.4 is 10.2 Å². The number of aromatic carboxylic acids is 1. The Hall–Kier alpha value is -2.76. The van der Waals surface area contributed by atoms with Gasteiger partial charge in [0.05, 0.1) is 21.3 Å². The lowest BCUT2D eigenvalue weighted by atomic mass is 10.1. The highest BCUT2D eigenvalue weighted by Gasteiger charge is 2.57. The average molecular weight is 559 g/mol. The number of carbonyl (C=O) groups excluding carboxylic acids is 1. The Bertz CT molecular complexity index is 1360. The largest absolute Gasteiger partial charge is 0.477 e. The molecule has 1 aromatic carbocycles. The van der Waals surface area contributed by atoms with Gasteiger partial charge in [0.15, 0.2) is 5.13 Å². The molecule has 190 valence electrons. The number of aromatic amines is 1. The first-order valence-electron chi connectivity index (χ1n) is 10.9. The van der Waals surface area contributed by atoms with Crippen LogP contribution in [0.5, 0.6) is 0 Å². The van der Waals surface area contributed by atoms with Gasteiger partial charge in [-0.3, -0.25) is 4.79 Å². The molecular weight excluding hydrogens is 540 g/mol. The molecule has 36 heavy (non-hydrogen) atoms. The van der Waals surface area contributed by atoms with Crippen molar-refractivity contribution in [2.45, 2.75) is 25.6 Å². The second-order valence-corrected chi connectivity index (χ2v) is 10.7. The first-order chi connectivity index (χ1) is 16.9. The van der Waals surface area contributed by atoms with Crippen molar-refractivity contribution in [2.24, 2.45) is 11.8 Å². The number of fused-ring (bicyclic) bond motifs is 1. The summed E-state index contributed by atoms with van der Waals surface area (Å²) >= 11 is 13.2. The summed E-state index contributed by atoms with van der Waals surface area (Å²) in [6.07, 6.45) is -4.51. The lowest BCUT2D eigenvalue weighted by molar-refractivity contribution is -0.137. The number of aromatic nitrogens is 2. The molecule has 5 rings (SSSR count). The zero-order chi connectivity index (χ0) is 25.9. The van der Waals surface area contributed by atoms with E-state index in [1.165, 1.54) is 12.1 Å². The fourth-order valence-corrected chi connectivity index (χ4v) is 6.02. The van der Waals surface area contributed by atoms with Gasteiger partial charge >= 0.3 is 12.1 Å². The number of piperidine rings is 1. The molecule has 1 saturated heterocycles. The van der Waals surface area contributed by atoms with Gasteiger partial charge in [-0.15, -0.1) is 0 Å². The van der Waals surface area contributed by atoms with E-state index in [1.54, 1.807) is 6.92 Å². The Labute approximate surface area is 217 Å². The summed E-state index contributed by atoms with van der Waals surface area (Å²) in [7, 11) is 0. The fraction of sp³-hybridized carbons (Fsp3) is 0.348. The maximum atomic E-state index is 13.1. The Morgan fingerprint density at radius 2 is 1.94 bits per heavy atom. The Morgan fingerprint density at radius 3 is 2.53 bits per heavy atom. The molecule has 1 aliphatic carbocycles. The van der Waals surface area contributed by atoms with Crippen molar-refractivity contribution in [3.8, 4) is 0 Å². The fourth-order valence-electron chi connectivity index (χ4n) is 4.66. The van der Waals surface area contributed by atoms with Crippen LogP contribution >= 0.6 is 34.5 Å². The SMILES string of the molecule is Cc1[nH]c(C(=O)NC2[C@H]3CN(c4nc(Cc5cccc(C(F)(F)F)c5)c(C(=O)O)s4)C[C@@H]23)c(Cl)c1Cl. The van der Waals surface area contributed by atoms with E-state index in [-0.39, 0.29) is 51.5 Å². The quantitative estimate of drug-likeness (QED) is 0.383. The number of hydrogen-bond acceptors (Lipinski definition) is 5. The van der Waals surface area contributed by atoms with E-state index in [4.69, 9.17) is 23.2 Å². The monoisotopic (exact) mass is 558 g/mol. The number of alkyl halides is 3. The molecule has 1 unspecified atom stereocenters. The number of carboxylic acids is 1. The Kier molecular flexibility index (Phi) is 6.20. The topological polar surface area (TPSA) is 98.3 Å². The van der Waals surface area contributed by atoms with Gasteiger partial charge in [0.2, 0.25) is 0 Å². The van der Waals surface area contributed by atoms with E-state index in [2.05, 4.69) is 15.3 Å². The molecule has 1 aliphatic heterocycles. The van der Waals surface area contributed by atoms with Gasteiger partial charge in [-0.2, -0.15) is 13.2 Å². The van der Waals surface area contributed by atoms with Crippen LogP contribution in [0.2, 0.25) is 10.0 Å². The number of rotatable bonds is 6. The van der Waals surface area contributed by atoms with Gasteiger partial charge in [0.25, 0.3) is 5.91 Å². The highest BCUT2D eigenvalue weighted by molar-refractivity contribution is 7.17. The molecule has 2 aliphatic rings. The van der Waals surface area contributed by atoms with Gasteiger partial charge in [0, 0.05) is 43.1 Å². The number of benzene rings is 1. The first kappa shape index (κ1) is 24.9. The summed E-state index contributed by atoms with van der Waals surface area (Å²) in [6, 6.07) is 4.75. The van der Waals surface area contributed by atoms with E-state index in [0.717, 1.165) is 23.5 Å². The molecule has 2 fully saturated rings. The molecule has 1 saturated carbocycles. The normalized spacial score (nSPS) is 20.9. The standard InChI is InChI=1S/C23H19Cl2F3N4O3S/c1-9-15(24)16(25)18(29-9)20(33)31-17-12-7-32(8-13(12)17)22-30-14(19(36-22)21(34)35)6-10-3-2-4-11(5-10)23(26,27)28/h2-5,12-13,17,29H,6-8H2,1H3,(H,31,33)(H,34,35)/t12-,13+,17?. The van der Waals surface area contributed by atoms with Gasteiger partial charge in [-0.25, -0.2) is 9.78 Å². The Balaban J connectivity index is 1.26. The van der Waals surface area contributed by atoms with E-state index in [0.29, 0.717) is 34.5 Å². The average Bonchev–Trinajstić information content (AvgIpc) is 3.18. The molecule has 0 spiro atoms. The second-order valence-electron chi connectivity index (χ2n) is 8.94. The predicted octanol–water partition coefficient (Wildman–Crippen LogP) is 5.26. The lowest BCUT2D eigenvalue weighted by Crippen LogP contribution is -2.34. The number of hydrogen-bond donors (Lipinski definition) is 3. The summed E-state index contributed by atoms with van der Waals surface area (Å²) in [4.78, 5) is 33.7. The van der Waals surface area contributed by atoms with E-state index >= 15 is 0 Å². The van der Waals surface area contributed by atoms with Crippen molar-refractivity contribution < 1.29 is 27.9 Å². The van der Waals surface area contributed by atoms with Crippen molar-refractivity contribution in [1.82, 2.24) is 15.3 Å². The molecule has 7 nitrogen and oxygen atoms in total. The number of nitrogens with one attached hydrogen (secondary N) is 2. The third-order valence-electron chi connectivity index (χ3n) is 6.55. The maximum Gasteiger partial charge on any atom is 0.416 e. The number of amides is 1. The lowest BCUT2D eigenvalue weighted by Gasteiger charge is -2.19. The highest BCUT2D eigenvalue weighted by atomic mass is 35.5. The summed E-state index contributed by atoms with van der Waals surface area (Å²) in [5.41, 5.74) is 0.577. The summed E-state index contributed by atoms with van der Waals surface area (Å²) < 4.78 is 39.2. The first-order valence-corrected chi connectivity index (χ1v) is 12.5. The summed E-state index contributed by atoms with van der Waals surface area (Å²) in [5.74, 6) is -1.18. The number of H-pyrrole nitrogens is 1. The van der Waals surface area contributed by atoms with Crippen LogP contribution in [-0.4, -0.2) is 46.1 Å². The van der Waals surface area contributed by atoms with Crippen LogP contribution in [0.15, 0.2) is 24.3 Å². The zero-order valence-corrected chi connectivity index (χ0v) is 20.9. The molecule has 3 atom stereocenters. The summed E-state index contributed by atoms with van der Waals surface area (Å²) in [6.45, 7) is 2.86. The van der Waals surface area contributed by atoms with Crippen molar-refractivity contribution in [1.29, 1.82) is 0 Å². The zero-order valence-electron chi connectivity index (χ0n) is 18.6. The third-order valence-corrected chi connectivity index (χ3v) is 8.64. The van der Waals surface area contributed by atoms with E-state index in [1.807, 2.05) is 4.90 Å². The van der Waals surface area contributed by atoms with Gasteiger partial charge in [-0.1, -0.05) is 52.7 Å². The highest BCUT2D eigenvalue weighted by Crippen LogP contribution is 2.48. The molecule has 3 aromatic rings. The molecular formula is C23H19Cl2F3N4O3S. The van der Waals surface area contributed by atoms with Crippen LogP contribution in [0.1, 0.15) is 42.7 Å².